The lowest BCUT2D eigenvalue weighted by atomic mass is 10.0. The highest BCUT2D eigenvalue weighted by Crippen LogP contribution is 2.18. The van der Waals surface area contributed by atoms with Crippen LogP contribution in [0.5, 0.6) is 0 Å². The number of nitrogens with zero attached hydrogens (tertiary/aromatic N) is 3. The number of anilines is 1. The van der Waals surface area contributed by atoms with Crippen LogP contribution in [-0.4, -0.2) is 40.6 Å². The molecule has 4 heteroatoms. The zero-order chi connectivity index (χ0) is 13.8. The maximum atomic E-state index is 4.09. The van der Waals surface area contributed by atoms with E-state index in [-0.39, 0.29) is 0 Å². The van der Waals surface area contributed by atoms with Crippen molar-refractivity contribution in [1.29, 1.82) is 0 Å². The third-order valence-electron chi connectivity index (χ3n) is 4.11. The van der Waals surface area contributed by atoms with E-state index in [9.17, 15) is 0 Å². The lowest BCUT2D eigenvalue weighted by Crippen LogP contribution is -2.40. The molecule has 2 heterocycles. The quantitative estimate of drug-likeness (QED) is 0.927. The van der Waals surface area contributed by atoms with Crippen LogP contribution in [0.15, 0.2) is 43.0 Å². The molecule has 20 heavy (non-hydrogen) atoms. The van der Waals surface area contributed by atoms with Crippen molar-refractivity contribution >= 4 is 5.69 Å². The Morgan fingerprint density at radius 2 is 2.30 bits per heavy atom. The summed E-state index contributed by atoms with van der Waals surface area (Å²) in [6.07, 6.45) is 9.58. The van der Waals surface area contributed by atoms with E-state index in [1.165, 1.54) is 31.5 Å². The fourth-order valence-electron chi connectivity index (χ4n) is 2.83. The van der Waals surface area contributed by atoms with Gasteiger partial charge in [-0.05, 0) is 44.6 Å². The average Bonchev–Trinajstić information content (AvgIpc) is 3.01. The molecule has 0 aliphatic carbocycles. The van der Waals surface area contributed by atoms with Crippen molar-refractivity contribution in [3.63, 3.8) is 0 Å². The van der Waals surface area contributed by atoms with Crippen LogP contribution in [0.4, 0.5) is 5.69 Å². The first-order chi connectivity index (χ1) is 9.83. The Kier molecular flexibility index (Phi) is 4.02. The van der Waals surface area contributed by atoms with Crippen LogP contribution >= 0.6 is 0 Å². The number of hydrogen-bond acceptors (Lipinski definition) is 3. The first-order valence-electron chi connectivity index (χ1n) is 7.35. The molecule has 1 aliphatic rings. The molecule has 1 unspecified atom stereocenters. The highest BCUT2D eigenvalue weighted by atomic mass is 15.2. The highest BCUT2D eigenvalue weighted by molar-refractivity contribution is 5.51. The molecular formula is C16H22N4. The molecular weight excluding hydrogens is 248 g/mol. The minimum Gasteiger partial charge on any atom is -0.383 e. The molecule has 0 saturated carbocycles. The van der Waals surface area contributed by atoms with Crippen molar-refractivity contribution < 1.29 is 0 Å². The molecule has 1 N–H and O–H groups in total. The maximum Gasteiger partial charge on any atom is 0.0991 e. The zero-order valence-corrected chi connectivity index (χ0v) is 12.0. The van der Waals surface area contributed by atoms with Gasteiger partial charge in [-0.25, -0.2) is 4.98 Å². The van der Waals surface area contributed by atoms with Crippen LogP contribution < -0.4 is 5.32 Å². The van der Waals surface area contributed by atoms with E-state index in [1.807, 2.05) is 17.1 Å². The summed E-state index contributed by atoms with van der Waals surface area (Å²) in [4.78, 5) is 6.56. The van der Waals surface area contributed by atoms with Crippen molar-refractivity contribution in [2.45, 2.75) is 25.3 Å². The fraction of sp³-hybridized carbons (Fsp3) is 0.438. The summed E-state index contributed by atoms with van der Waals surface area (Å²) in [7, 11) is 2.23. The van der Waals surface area contributed by atoms with Crippen molar-refractivity contribution in [3.8, 4) is 5.69 Å². The third-order valence-corrected chi connectivity index (χ3v) is 4.11. The van der Waals surface area contributed by atoms with E-state index in [4.69, 9.17) is 0 Å². The Morgan fingerprint density at radius 1 is 1.35 bits per heavy atom. The SMILES string of the molecule is CN1CCCCC1CNc1cccc(-n2ccnc2)c1. The van der Waals surface area contributed by atoms with E-state index < -0.39 is 0 Å². The van der Waals surface area contributed by atoms with Gasteiger partial charge in [-0.3, -0.25) is 0 Å². The standard InChI is InChI=1S/C16H22N4/c1-19-9-3-2-6-16(19)12-18-14-5-4-7-15(11-14)20-10-8-17-13-20/h4-5,7-8,10-11,13,16,18H,2-3,6,9,12H2,1H3. The number of rotatable bonds is 4. The Morgan fingerprint density at radius 3 is 3.10 bits per heavy atom. The molecule has 1 aromatic carbocycles. The summed E-state index contributed by atoms with van der Waals surface area (Å²) in [6.45, 7) is 2.24. The van der Waals surface area contributed by atoms with Gasteiger partial charge in [0.15, 0.2) is 0 Å². The molecule has 1 atom stereocenters. The summed E-state index contributed by atoms with van der Waals surface area (Å²) in [5.74, 6) is 0. The second-order valence-corrected chi connectivity index (χ2v) is 5.53. The first kappa shape index (κ1) is 13.2. The number of likely N-dealkylation sites (N-methyl/N-ethyl adjacent to an activating group) is 1. The zero-order valence-electron chi connectivity index (χ0n) is 12.0. The summed E-state index contributed by atoms with van der Waals surface area (Å²) in [5.41, 5.74) is 2.32. The van der Waals surface area contributed by atoms with Gasteiger partial charge >= 0.3 is 0 Å². The lowest BCUT2D eigenvalue weighted by Gasteiger charge is -2.32. The molecule has 1 fully saturated rings. The number of likely N-dealkylation sites (tertiary alicyclic amines) is 1. The predicted octanol–water partition coefficient (Wildman–Crippen LogP) is 2.77. The lowest BCUT2D eigenvalue weighted by molar-refractivity contribution is 0.194. The molecule has 4 nitrogen and oxygen atoms in total. The monoisotopic (exact) mass is 270 g/mol. The molecule has 0 spiro atoms. The molecule has 1 aliphatic heterocycles. The van der Waals surface area contributed by atoms with Gasteiger partial charge in [-0.1, -0.05) is 12.5 Å². The molecule has 106 valence electrons. The Hall–Kier alpha value is -1.81. The van der Waals surface area contributed by atoms with Crippen LogP contribution in [0, 0.1) is 0 Å². The molecule has 0 amide bonds. The summed E-state index contributed by atoms with van der Waals surface area (Å²) >= 11 is 0. The number of imidazole rings is 1. The smallest absolute Gasteiger partial charge is 0.0991 e. The summed E-state index contributed by atoms with van der Waals surface area (Å²) in [5, 5.41) is 3.57. The topological polar surface area (TPSA) is 33.1 Å². The first-order valence-corrected chi connectivity index (χ1v) is 7.35. The van der Waals surface area contributed by atoms with Gasteiger partial charge in [0.25, 0.3) is 0 Å². The van der Waals surface area contributed by atoms with Crippen LogP contribution in [0.1, 0.15) is 19.3 Å². The number of piperidine rings is 1. The molecule has 1 saturated heterocycles. The maximum absolute atomic E-state index is 4.09. The van der Waals surface area contributed by atoms with Gasteiger partial charge in [0, 0.05) is 36.4 Å². The van der Waals surface area contributed by atoms with Gasteiger partial charge in [0.2, 0.25) is 0 Å². The molecule has 0 radical (unpaired) electrons. The molecule has 0 bridgehead atoms. The second-order valence-electron chi connectivity index (χ2n) is 5.53. The highest BCUT2D eigenvalue weighted by Gasteiger charge is 2.18. The predicted molar refractivity (Wildman–Crippen MR) is 82.3 cm³/mol. The summed E-state index contributed by atoms with van der Waals surface area (Å²) in [6, 6.07) is 9.14. The van der Waals surface area contributed by atoms with Gasteiger partial charge in [-0.2, -0.15) is 0 Å². The fourth-order valence-corrected chi connectivity index (χ4v) is 2.83. The van der Waals surface area contributed by atoms with Crippen molar-refractivity contribution in [3.05, 3.63) is 43.0 Å². The minimum atomic E-state index is 0.653. The molecule has 2 aromatic rings. The van der Waals surface area contributed by atoms with Crippen molar-refractivity contribution in [2.24, 2.45) is 0 Å². The van der Waals surface area contributed by atoms with Gasteiger partial charge < -0.3 is 14.8 Å². The normalized spacial score (nSPS) is 19.9. The minimum absolute atomic E-state index is 0.653. The Bertz CT molecular complexity index is 535. The van der Waals surface area contributed by atoms with Crippen LogP contribution in [0.2, 0.25) is 0 Å². The van der Waals surface area contributed by atoms with Crippen LogP contribution in [0.3, 0.4) is 0 Å². The third kappa shape index (κ3) is 3.02. The Labute approximate surface area is 120 Å². The van der Waals surface area contributed by atoms with E-state index in [1.54, 1.807) is 6.20 Å². The van der Waals surface area contributed by atoms with Crippen LogP contribution in [-0.2, 0) is 0 Å². The van der Waals surface area contributed by atoms with E-state index in [2.05, 4.69) is 46.5 Å². The van der Waals surface area contributed by atoms with Gasteiger partial charge in [0.1, 0.15) is 0 Å². The van der Waals surface area contributed by atoms with Gasteiger partial charge in [-0.15, -0.1) is 0 Å². The van der Waals surface area contributed by atoms with E-state index in [0.717, 1.165) is 12.2 Å². The molecule has 1 aromatic heterocycles. The van der Waals surface area contributed by atoms with Crippen molar-refractivity contribution in [1.82, 2.24) is 14.5 Å². The van der Waals surface area contributed by atoms with Crippen molar-refractivity contribution in [2.75, 3.05) is 25.5 Å². The number of benzene rings is 1. The van der Waals surface area contributed by atoms with Gasteiger partial charge in [0.05, 0.1) is 6.33 Å². The van der Waals surface area contributed by atoms with E-state index in [0.29, 0.717) is 6.04 Å². The number of hydrogen-bond donors (Lipinski definition) is 1. The second kappa shape index (κ2) is 6.09. The largest absolute Gasteiger partial charge is 0.383 e. The number of nitrogens with one attached hydrogen (secondary N) is 1. The summed E-state index contributed by atoms with van der Waals surface area (Å²) < 4.78 is 2.03. The van der Waals surface area contributed by atoms with Crippen LogP contribution in [0.25, 0.3) is 5.69 Å². The molecule has 3 rings (SSSR count). The average molecular weight is 270 g/mol. The van der Waals surface area contributed by atoms with E-state index >= 15 is 0 Å². The number of aromatic nitrogens is 2. The Balaban J connectivity index is 1.64.